The van der Waals surface area contributed by atoms with Gasteiger partial charge in [0, 0.05) is 51.4 Å². The summed E-state index contributed by atoms with van der Waals surface area (Å²) >= 11 is 0. The molecule has 2 bridgehead atoms. The highest BCUT2D eigenvalue weighted by atomic mass is 16.2. The number of rotatable bonds is 2. The molecule has 1 amide bonds. The Morgan fingerprint density at radius 2 is 1.80 bits per heavy atom. The van der Waals surface area contributed by atoms with Crippen LogP contribution in [0.2, 0.25) is 0 Å². The highest BCUT2D eigenvalue weighted by Gasteiger charge is 2.37. The number of carbonyl (C=O) groups is 1. The SMILES string of the molecule is CC(C(=O)N1CCC2CCC(C1)N2C)N1CCNCC1. The molecule has 114 valence electrons. The van der Waals surface area contributed by atoms with Crippen LogP contribution in [0.15, 0.2) is 0 Å². The third-order valence-corrected chi connectivity index (χ3v) is 5.52. The number of piperazine rings is 1. The number of carbonyl (C=O) groups excluding carboxylic acids is 1. The second-order valence-electron chi connectivity index (χ2n) is 6.59. The van der Waals surface area contributed by atoms with Gasteiger partial charge in [0.15, 0.2) is 0 Å². The predicted molar refractivity (Wildman–Crippen MR) is 79.7 cm³/mol. The maximum Gasteiger partial charge on any atom is 0.239 e. The highest BCUT2D eigenvalue weighted by molar-refractivity contribution is 5.81. The number of amides is 1. The number of fused-ring (bicyclic) bond motifs is 2. The summed E-state index contributed by atoms with van der Waals surface area (Å²) in [5.41, 5.74) is 0. The van der Waals surface area contributed by atoms with Gasteiger partial charge in [0.25, 0.3) is 0 Å². The van der Waals surface area contributed by atoms with E-state index in [9.17, 15) is 4.79 Å². The van der Waals surface area contributed by atoms with Gasteiger partial charge < -0.3 is 10.2 Å². The lowest BCUT2D eigenvalue weighted by molar-refractivity contribution is -0.137. The molecule has 1 N–H and O–H groups in total. The molecule has 0 aromatic carbocycles. The van der Waals surface area contributed by atoms with E-state index in [4.69, 9.17) is 0 Å². The van der Waals surface area contributed by atoms with Crippen molar-refractivity contribution in [1.82, 2.24) is 20.0 Å². The summed E-state index contributed by atoms with van der Waals surface area (Å²) in [7, 11) is 2.23. The van der Waals surface area contributed by atoms with Gasteiger partial charge in [0.05, 0.1) is 6.04 Å². The zero-order chi connectivity index (χ0) is 14.1. The molecule has 0 aliphatic carbocycles. The van der Waals surface area contributed by atoms with Gasteiger partial charge >= 0.3 is 0 Å². The van der Waals surface area contributed by atoms with E-state index in [0.717, 1.165) is 45.7 Å². The van der Waals surface area contributed by atoms with E-state index >= 15 is 0 Å². The molecule has 0 radical (unpaired) electrons. The number of likely N-dealkylation sites (N-methyl/N-ethyl adjacent to an activating group) is 1. The summed E-state index contributed by atoms with van der Waals surface area (Å²) in [5.74, 6) is 0.341. The van der Waals surface area contributed by atoms with Crippen LogP contribution in [0, 0.1) is 0 Å². The molecule has 3 rings (SSSR count). The molecule has 3 aliphatic rings. The average Bonchev–Trinajstić information content (AvgIpc) is 2.72. The van der Waals surface area contributed by atoms with E-state index in [0.29, 0.717) is 18.0 Å². The molecule has 3 fully saturated rings. The van der Waals surface area contributed by atoms with Crippen LogP contribution in [-0.2, 0) is 4.79 Å². The second kappa shape index (κ2) is 6.00. The molecular weight excluding hydrogens is 252 g/mol. The third kappa shape index (κ3) is 2.71. The first-order valence-electron chi connectivity index (χ1n) is 8.12. The molecule has 5 heteroatoms. The van der Waals surface area contributed by atoms with Crippen LogP contribution in [0.1, 0.15) is 26.2 Å². The molecule has 0 aromatic rings. The van der Waals surface area contributed by atoms with E-state index in [1.807, 2.05) is 0 Å². The van der Waals surface area contributed by atoms with Crippen molar-refractivity contribution in [2.45, 2.75) is 44.3 Å². The van der Waals surface area contributed by atoms with Gasteiger partial charge in [-0.05, 0) is 33.2 Å². The molecule has 3 unspecified atom stereocenters. The summed E-state index contributed by atoms with van der Waals surface area (Å²) in [5, 5.41) is 3.35. The molecule has 3 saturated heterocycles. The first-order chi connectivity index (χ1) is 9.66. The smallest absolute Gasteiger partial charge is 0.239 e. The summed E-state index contributed by atoms with van der Waals surface area (Å²) in [6.45, 7) is 7.96. The largest absolute Gasteiger partial charge is 0.340 e. The van der Waals surface area contributed by atoms with Gasteiger partial charge in [-0.3, -0.25) is 14.6 Å². The summed E-state index contributed by atoms with van der Waals surface area (Å²) in [6, 6.07) is 1.33. The van der Waals surface area contributed by atoms with Crippen molar-refractivity contribution in [3.05, 3.63) is 0 Å². The Morgan fingerprint density at radius 3 is 2.55 bits per heavy atom. The predicted octanol–water partition coefficient (Wildman–Crippen LogP) is -0.0248. The highest BCUT2D eigenvalue weighted by Crippen LogP contribution is 2.28. The van der Waals surface area contributed by atoms with E-state index in [-0.39, 0.29) is 6.04 Å². The van der Waals surface area contributed by atoms with Crippen molar-refractivity contribution in [3.8, 4) is 0 Å². The Hall–Kier alpha value is -0.650. The van der Waals surface area contributed by atoms with E-state index in [2.05, 4.69) is 34.0 Å². The number of likely N-dealkylation sites (tertiary alicyclic amines) is 1. The lowest BCUT2D eigenvalue weighted by atomic mass is 10.1. The van der Waals surface area contributed by atoms with Gasteiger partial charge in [0.1, 0.15) is 0 Å². The maximum absolute atomic E-state index is 12.8. The molecule has 0 saturated carbocycles. The zero-order valence-corrected chi connectivity index (χ0v) is 12.8. The van der Waals surface area contributed by atoms with Gasteiger partial charge in [0.2, 0.25) is 5.91 Å². The van der Waals surface area contributed by atoms with Crippen LogP contribution in [0.4, 0.5) is 0 Å². The fourth-order valence-electron chi connectivity index (χ4n) is 4.00. The van der Waals surface area contributed by atoms with Crippen LogP contribution in [0.3, 0.4) is 0 Å². The van der Waals surface area contributed by atoms with Crippen LogP contribution in [-0.4, -0.2) is 85.0 Å². The Morgan fingerprint density at radius 1 is 1.10 bits per heavy atom. The van der Waals surface area contributed by atoms with E-state index in [1.54, 1.807) is 0 Å². The van der Waals surface area contributed by atoms with Crippen LogP contribution < -0.4 is 5.32 Å². The number of hydrogen-bond acceptors (Lipinski definition) is 4. The monoisotopic (exact) mass is 280 g/mol. The Balaban J connectivity index is 1.61. The first-order valence-corrected chi connectivity index (χ1v) is 8.12. The Labute approximate surface area is 122 Å². The van der Waals surface area contributed by atoms with E-state index in [1.165, 1.54) is 12.8 Å². The lowest BCUT2D eigenvalue weighted by Crippen LogP contribution is -2.54. The molecule has 3 atom stereocenters. The van der Waals surface area contributed by atoms with Crippen LogP contribution in [0.5, 0.6) is 0 Å². The molecule has 5 nitrogen and oxygen atoms in total. The third-order valence-electron chi connectivity index (χ3n) is 5.52. The molecule has 20 heavy (non-hydrogen) atoms. The van der Waals surface area contributed by atoms with Gasteiger partial charge in [-0.2, -0.15) is 0 Å². The molecular formula is C15H28N4O. The fraction of sp³-hybridized carbons (Fsp3) is 0.933. The molecule has 3 heterocycles. The summed E-state index contributed by atoms with van der Waals surface area (Å²) < 4.78 is 0. The molecule has 3 aliphatic heterocycles. The summed E-state index contributed by atoms with van der Waals surface area (Å²) in [4.78, 5) is 19.7. The standard InChI is InChI=1S/C15H28N4O/c1-12(18-9-6-16-7-10-18)15(20)19-8-5-13-3-4-14(11-19)17(13)2/h12-14,16H,3-11H2,1-2H3. The van der Waals surface area contributed by atoms with Gasteiger partial charge in [-0.25, -0.2) is 0 Å². The average molecular weight is 280 g/mol. The lowest BCUT2D eigenvalue weighted by Gasteiger charge is -2.35. The van der Waals surface area contributed by atoms with Crippen LogP contribution in [0.25, 0.3) is 0 Å². The minimum absolute atomic E-state index is 0.0408. The summed E-state index contributed by atoms with van der Waals surface area (Å²) in [6.07, 6.45) is 3.72. The number of hydrogen-bond donors (Lipinski definition) is 1. The minimum Gasteiger partial charge on any atom is -0.340 e. The first kappa shape index (κ1) is 14.3. The van der Waals surface area contributed by atoms with Crippen molar-refractivity contribution < 1.29 is 4.79 Å². The Bertz CT molecular complexity index is 356. The maximum atomic E-state index is 12.8. The number of nitrogens with zero attached hydrogens (tertiary/aromatic N) is 3. The Kier molecular flexibility index (Phi) is 4.29. The van der Waals surface area contributed by atoms with E-state index < -0.39 is 0 Å². The molecule has 0 aromatic heterocycles. The van der Waals surface area contributed by atoms with Crippen molar-refractivity contribution in [1.29, 1.82) is 0 Å². The van der Waals surface area contributed by atoms with Crippen molar-refractivity contribution >= 4 is 5.91 Å². The van der Waals surface area contributed by atoms with Gasteiger partial charge in [-0.15, -0.1) is 0 Å². The van der Waals surface area contributed by atoms with Crippen molar-refractivity contribution in [3.63, 3.8) is 0 Å². The zero-order valence-electron chi connectivity index (χ0n) is 12.8. The van der Waals surface area contributed by atoms with Crippen LogP contribution >= 0.6 is 0 Å². The minimum atomic E-state index is 0.0408. The quantitative estimate of drug-likeness (QED) is 0.771. The molecule has 0 spiro atoms. The normalized spacial score (nSPS) is 34.0. The van der Waals surface area contributed by atoms with Crippen molar-refractivity contribution in [2.75, 3.05) is 46.3 Å². The fourth-order valence-corrected chi connectivity index (χ4v) is 4.00. The number of nitrogens with one attached hydrogen (secondary N) is 1. The van der Waals surface area contributed by atoms with Crippen molar-refractivity contribution in [2.24, 2.45) is 0 Å². The second-order valence-corrected chi connectivity index (χ2v) is 6.59. The van der Waals surface area contributed by atoms with Gasteiger partial charge in [-0.1, -0.05) is 0 Å². The topological polar surface area (TPSA) is 38.8 Å².